The molecule has 6 heteroatoms. The van der Waals surface area contributed by atoms with Crippen molar-refractivity contribution >= 4 is 17.6 Å². The quantitative estimate of drug-likeness (QED) is 0.504. The largest absolute Gasteiger partial charge is 0.378 e. The Morgan fingerprint density at radius 1 is 1.20 bits per heavy atom. The van der Waals surface area contributed by atoms with E-state index in [1.807, 2.05) is 0 Å². The van der Waals surface area contributed by atoms with E-state index in [4.69, 9.17) is 4.99 Å². The third-order valence-electron chi connectivity index (χ3n) is 6.08. The molecule has 0 spiro atoms. The molecular weight excluding hydrogens is 374 g/mol. The molecule has 6 nitrogen and oxygen atoms in total. The average Bonchev–Trinajstić information content (AvgIpc) is 2.74. The lowest BCUT2D eigenvalue weighted by Crippen LogP contribution is -2.50. The summed E-state index contributed by atoms with van der Waals surface area (Å²) in [6.45, 7) is 11.6. The van der Waals surface area contributed by atoms with Crippen molar-refractivity contribution in [1.29, 1.82) is 0 Å². The molecule has 168 valence electrons. The van der Waals surface area contributed by atoms with Gasteiger partial charge in [-0.25, -0.2) is 4.99 Å². The molecule has 2 N–H and O–H groups in total. The fraction of sp³-hybridized carbons (Fsp3) is 0.667. The van der Waals surface area contributed by atoms with Crippen molar-refractivity contribution in [3.63, 3.8) is 0 Å². The molecule has 1 amide bonds. The summed E-state index contributed by atoms with van der Waals surface area (Å²) in [5, 5.41) is 6.96. The van der Waals surface area contributed by atoms with Gasteiger partial charge in [0.05, 0.1) is 6.54 Å². The minimum Gasteiger partial charge on any atom is -0.378 e. The van der Waals surface area contributed by atoms with Gasteiger partial charge in [-0.3, -0.25) is 4.79 Å². The Kier molecular flexibility index (Phi) is 9.47. The first-order chi connectivity index (χ1) is 14.4. The van der Waals surface area contributed by atoms with Crippen LogP contribution in [0.3, 0.4) is 0 Å². The van der Waals surface area contributed by atoms with E-state index in [0.29, 0.717) is 18.5 Å². The number of aliphatic imine (C=N–C) groups is 1. The highest BCUT2D eigenvalue weighted by atomic mass is 16.2. The van der Waals surface area contributed by atoms with E-state index < -0.39 is 0 Å². The topological polar surface area (TPSA) is 60.0 Å². The Balaban J connectivity index is 1.94. The van der Waals surface area contributed by atoms with Gasteiger partial charge in [0.15, 0.2) is 5.96 Å². The standard InChI is InChI=1S/C24H41N5O/c1-7-19(8-2)23(30)29-14-12-21(13-15-29)27-24(25-9-3)26-17-20-10-11-22(28(5)6)16-18(20)4/h10-11,16,19,21H,7-9,12-15,17H2,1-6H3,(H2,25,26,27). The second kappa shape index (κ2) is 11.8. The maximum Gasteiger partial charge on any atom is 0.225 e. The number of rotatable bonds is 8. The third kappa shape index (κ3) is 6.64. The van der Waals surface area contributed by atoms with E-state index in [9.17, 15) is 4.79 Å². The summed E-state index contributed by atoms with van der Waals surface area (Å²) in [5.41, 5.74) is 3.71. The molecule has 1 aromatic carbocycles. The van der Waals surface area contributed by atoms with Crippen LogP contribution < -0.4 is 15.5 Å². The van der Waals surface area contributed by atoms with E-state index in [1.165, 1.54) is 16.8 Å². The molecule has 30 heavy (non-hydrogen) atoms. The normalized spacial score (nSPS) is 15.4. The minimum absolute atomic E-state index is 0.176. The molecule has 0 unspecified atom stereocenters. The smallest absolute Gasteiger partial charge is 0.225 e. The number of likely N-dealkylation sites (tertiary alicyclic amines) is 1. The fourth-order valence-corrected chi connectivity index (χ4v) is 3.95. The van der Waals surface area contributed by atoms with Gasteiger partial charge in [-0.2, -0.15) is 0 Å². The maximum atomic E-state index is 12.6. The summed E-state index contributed by atoms with van der Waals surface area (Å²) in [5.74, 6) is 1.37. The van der Waals surface area contributed by atoms with Gasteiger partial charge in [0, 0.05) is 51.4 Å². The van der Waals surface area contributed by atoms with Crippen LogP contribution in [0.2, 0.25) is 0 Å². The van der Waals surface area contributed by atoms with Crippen LogP contribution in [-0.2, 0) is 11.3 Å². The van der Waals surface area contributed by atoms with Crippen molar-refractivity contribution < 1.29 is 4.79 Å². The number of anilines is 1. The highest BCUT2D eigenvalue weighted by molar-refractivity contribution is 5.80. The summed E-state index contributed by atoms with van der Waals surface area (Å²) in [6.07, 6.45) is 3.79. The third-order valence-corrected chi connectivity index (χ3v) is 6.08. The van der Waals surface area contributed by atoms with Crippen LogP contribution in [0.1, 0.15) is 57.6 Å². The lowest BCUT2D eigenvalue weighted by atomic mass is 9.98. The number of guanidine groups is 1. The molecule has 1 saturated heterocycles. The first-order valence-electron chi connectivity index (χ1n) is 11.5. The van der Waals surface area contributed by atoms with Crippen molar-refractivity contribution in [1.82, 2.24) is 15.5 Å². The Morgan fingerprint density at radius 2 is 1.87 bits per heavy atom. The molecule has 1 aliphatic rings. The zero-order valence-corrected chi connectivity index (χ0v) is 19.8. The molecule has 0 aliphatic carbocycles. The summed E-state index contributed by atoms with van der Waals surface area (Å²) in [7, 11) is 4.12. The Labute approximate surface area is 183 Å². The van der Waals surface area contributed by atoms with Gasteiger partial charge in [0.1, 0.15) is 0 Å². The van der Waals surface area contributed by atoms with E-state index in [2.05, 4.69) is 80.4 Å². The van der Waals surface area contributed by atoms with E-state index >= 15 is 0 Å². The molecule has 0 bridgehead atoms. The minimum atomic E-state index is 0.176. The van der Waals surface area contributed by atoms with Crippen molar-refractivity contribution in [2.45, 2.75) is 66.0 Å². The van der Waals surface area contributed by atoms with Gasteiger partial charge in [0.25, 0.3) is 0 Å². The second-order valence-corrected chi connectivity index (χ2v) is 8.46. The molecule has 0 atom stereocenters. The molecular formula is C24H41N5O. The number of nitrogens with zero attached hydrogens (tertiary/aromatic N) is 3. The number of benzene rings is 1. The lowest BCUT2D eigenvalue weighted by molar-refractivity contribution is -0.136. The molecule has 0 aromatic heterocycles. The maximum absolute atomic E-state index is 12.6. The highest BCUT2D eigenvalue weighted by Crippen LogP contribution is 2.19. The first kappa shape index (κ1) is 24.0. The van der Waals surface area contributed by atoms with Gasteiger partial charge in [-0.1, -0.05) is 19.9 Å². The number of hydrogen-bond acceptors (Lipinski definition) is 3. The lowest BCUT2D eigenvalue weighted by Gasteiger charge is -2.34. The molecule has 0 radical (unpaired) electrons. The van der Waals surface area contributed by atoms with Crippen molar-refractivity contribution in [2.24, 2.45) is 10.9 Å². The molecule has 1 aromatic rings. The van der Waals surface area contributed by atoms with E-state index in [0.717, 1.165) is 51.3 Å². The number of aryl methyl sites for hydroxylation is 1. The SMILES string of the molecule is CCNC(=NCc1ccc(N(C)C)cc1C)NC1CCN(C(=O)C(CC)CC)CC1. The number of hydrogen-bond donors (Lipinski definition) is 2. The zero-order chi connectivity index (χ0) is 22.1. The second-order valence-electron chi connectivity index (χ2n) is 8.46. The van der Waals surface area contributed by atoms with Crippen LogP contribution in [0, 0.1) is 12.8 Å². The Morgan fingerprint density at radius 3 is 2.40 bits per heavy atom. The molecule has 1 aliphatic heterocycles. The van der Waals surface area contributed by atoms with Crippen molar-refractivity contribution in [2.75, 3.05) is 38.6 Å². The Hall–Kier alpha value is -2.24. The predicted octanol–water partition coefficient (Wildman–Crippen LogP) is 3.54. The molecule has 2 rings (SSSR count). The Bertz CT molecular complexity index is 704. The highest BCUT2D eigenvalue weighted by Gasteiger charge is 2.26. The summed E-state index contributed by atoms with van der Waals surface area (Å²) >= 11 is 0. The molecule has 0 saturated carbocycles. The first-order valence-corrected chi connectivity index (χ1v) is 11.5. The van der Waals surface area contributed by atoms with Gasteiger partial charge in [0.2, 0.25) is 5.91 Å². The monoisotopic (exact) mass is 415 g/mol. The van der Waals surface area contributed by atoms with Crippen LogP contribution in [-0.4, -0.2) is 56.5 Å². The molecule has 1 heterocycles. The van der Waals surface area contributed by atoms with Crippen LogP contribution in [0.4, 0.5) is 5.69 Å². The summed E-state index contributed by atoms with van der Waals surface area (Å²) < 4.78 is 0. The van der Waals surface area contributed by atoms with Gasteiger partial charge < -0.3 is 20.4 Å². The number of piperidine rings is 1. The van der Waals surface area contributed by atoms with Gasteiger partial charge >= 0.3 is 0 Å². The molecule has 1 fully saturated rings. The number of amides is 1. The van der Waals surface area contributed by atoms with Crippen LogP contribution >= 0.6 is 0 Å². The van der Waals surface area contributed by atoms with E-state index in [1.54, 1.807) is 0 Å². The van der Waals surface area contributed by atoms with E-state index in [-0.39, 0.29) is 5.92 Å². The summed E-state index contributed by atoms with van der Waals surface area (Å²) in [6, 6.07) is 6.87. The van der Waals surface area contributed by atoms with Gasteiger partial charge in [-0.05, 0) is 62.8 Å². The van der Waals surface area contributed by atoms with Gasteiger partial charge in [-0.15, -0.1) is 0 Å². The average molecular weight is 416 g/mol. The summed E-state index contributed by atoms with van der Waals surface area (Å²) in [4.78, 5) is 21.6. The number of carbonyl (C=O) groups is 1. The van der Waals surface area contributed by atoms with Crippen molar-refractivity contribution in [3.8, 4) is 0 Å². The number of nitrogens with one attached hydrogen (secondary N) is 2. The van der Waals surface area contributed by atoms with Crippen molar-refractivity contribution in [3.05, 3.63) is 29.3 Å². The zero-order valence-electron chi connectivity index (χ0n) is 19.8. The number of carbonyl (C=O) groups excluding carboxylic acids is 1. The van der Waals surface area contributed by atoms with Crippen LogP contribution in [0.5, 0.6) is 0 Å². The predicted molar refractivity (Wildman–Crippen MR) is 127 cm³/mol. The fourth-order valence-electron chi connectivity index (χ4n) is 3.95. The van der Waals surface area contributed by atoms with Crippen LogP contribution in [0.15, 0.2) is 23.2 Å². The van der Waals surface area contributed by atoms with Crippen LogP contribution in [0.25, 0.3) is 0 Å².